The molecular weight excluding hydrogens is 264 g/mol. The van der Waals surface area contributed by atoms with E-state index in [9.17, 15) is 30.6 Å². The van der Waals surface area contributed by atoms with Gasteiger partial charge in [0.05, 0.1) is 18.3 Å². The maximum absolute atomic E-state index is 10.2. The number of aliphatic hydroxyl groups excluding tert-OH is 6. The van der Waals surface area contributed by atoms with Crippen LogP contribution in [0.2, 0.25) is 0 Å². The van der Waals surface area contributed by atoms with Gasteiger partial charge in [-0.3, -0.25) is 0 Å². The molecule has 0 amide bonds. The average Bonchev–Trinajstić information content (AvgIpc) is 2.45. The molecule has 0 heterocycles. The van der Waals surface area contributed by atoms with Gasteiger partial charge in [0.15, 0.2) is 0 Å². The maximum Gasteiger partial charge on any atom is 0.106 e. The van der Waals surface area contributed by atoms with Crippen LogP contribution in [-0.2, 0) is 0 Å². The van der Waals surface area contributed by atoms with E-state index in [2.05, 4.69) is 0 Å². The standard InChI is InChI=1S/C14H26O6/c15-5-7-2-1-3-10(17)11(7)9-4-8(6-16)12(18)14(20)13(9)19/h7-20H,1-6H2/t7-,8-,9-,10-,11?,12-,13+,14+/m1/s1. The molecule has 0 aromatic heterocycles. The molecule has 6 nitrogen and oxygen atoms in total. The molecule has 2 fully saturated rings. The van der Waals surface area contributed by atoms with Crippen molar-refractivity contribution in [1.82, 2.24) is 0 Å². The summed E-state index contributed by atoms with van der Waals surface area (Å²) in [7, 11) is 0. The largest absolute Gasteiger partial charge is 0.396 e. The number of rotatable bonds is 3. The lowest BCUT2D eigenvalue weighted by Crippen LogP contribution is -2.56. The van der Waals surface area contributed by atoms with Crippen LogP contribution in [0, 0.1) is 23.7 Å². The Morgan fingerprint density at radius 3 is 2.00 bits per heavy atom. The van der Waals surface area contributed by atoms with Crippen molar-refractivity contribution in [3.05, 3.63) is 0 Å². The third-order valence-electron chi connectivity index (χ3n) is 5.22. The van der Waals surface area contributed by atoms with E-state index in [-0.39, 0.29) is 25.0 Å². The molecule has 118 valence electrons. The summed E-state index contributed by atoms with van der Waals surface area (Å²) in [5, 5.41) is 59.0. The summed E-state index contributed by atoms with van der Waals surface area (Å²) >= 11 is 0. The molecule has 0 radical (unpaired) electrons. The van der Waals surface area contributed by atoms with Gasteiger partial charge in [0.25, 0.3) is 0 Å². The molecular formula is C14H26O6. The van der Waals surface area contributed by atoms with Gasteiger partial charge in [-0.25, -0.2) is 0 Å². The van der Waals surface area contributed by atoms with E-state index in [4.69, 9.17) is 0 Å². The lowest BCUT2D eigenvalue weighted by molar-refractivity contribution is -0.171. The van der Waals surface area contributed by atoms with Crippen LogP contribution < -0.4 is 0 Å². The van der Waals surface area contributed by atoms with Gasteiger partial charge in [0.2, 0.25) is 0 Å². The fraction of sp³-hybridized carbons (Fsp3) is 1.00. The summed E-state index contributed by atoms with van der Waals surface area (Å²) < 4.78 is 0. The average molecular weight is 290 g/mol. The molecule has 0 saturated heterocycles. The zero-order valence-corrected chi connectivity index (χ0v) is 11.5. The van der Waals surface area contributed by atoms with E-state index in [0.717, 1.165) is 12.8 Å². The highest BCUT2D eigenvalue weighted by atomic mass is 16.4. The van der Waals surface area contributed by atoms with Crippen molar-refractivity contribution in [2.24, 2.45) is 23.7 Å². The highest BCUT2D eigenvalue weighted by molar-refractivity contribution is 4.98. The van der Waals surface area contributed by atoms with Crippen molar-refractivity contribution in [3.63, 3.8) is 0 Å². The van der Waals surface area contributed by atoms with Crippen LogP contribution in [0.1, 0.15) is 25.7 Å². The third kappa shape index (κ3) is 2.86. The molecule has 0 bridgehead atoms. The highest BCUT2D eigenvalue weighted by Gasteiger charge is 2.49. The van der Waals surface area contributed by atoms with Crippen molar-refractivity contribution >= 4 is 0 Å². The van der Waals surface area contributed by atoms with E-state index >= 15 is 0 Å². The first-order valence-electron chi connectivity index (χ1n) is 7.45. The van der Waals surface area contributed by atoms with E-state index in [0.29, 0.717) is 12.8 Å². The molecule has 2 aliphatic carbocycles. The Hall–Kier alpha value is -0.240. The fourth-order valence-electron chi connectivity index (χ4n) is 4.07. The smallest absolute Gasteiger partial charge is 0.106 e. The Morgan fingerprint density at radius 2 is 1.40 bits per heavy atom. The van der Waals surface area contributed by atoms with E-state index < -0.39 is 36.3 Å². The summed E-state index contributed by atoms with van der Waals surface area (Å²) in [6.07, 6.45) is -1.66. The lowest BCUT2D eigenvalue weighted by atomic mass is 9.63. The molecule has 0 spiro atoms. The van der Waals surface area contributed by atoms with E-state index in [1.54, 1.807) is 0 Å². The Morgan fingerprint density at radius 1 is 0.750 bits per heavy atom. The highest BCUT2D eigenvalue weighted by Crippen LogP contribution is 2.43. The van der Waals surface area contributed by atoms with Gasteiger partial charge < -0.3 is 30.6 Å². The van der Waals surface area contributed by atoms with Gasteiger partial charge in [-0.05, 0) is 37.0 Å². The minimum Gasteiger partial charge on any atom is -0.396 e. The van der Waals surface area contributed by atoms with Crippen LogP contribution in [0.4, 0.5) is 0 Å². The lowest BCUT2D eigenvalue weighted by Gasteiger charge is -2.47. The molecule has 6 N–H and O–H groups in total. The predicted molar refractivity (Wildman–Crippen MR) is 70.6 cm³/mol. The van der Waals surface area contributed by atoms with Crippen molar-refractivity contribution in [3.8, 4) is 0 Å². The third-order valence-corrected chi connectivity index (χ3v) is 5.22. The number of hydrogen-bond donors (Lipinski definition) is 6. The van der Waals surface area contributed by atoms with Gasteiger partial charge in [-0.1, -0.05) is 6.42 Å². The minimum atomic E-state index is -1.32. The zero-order chi connectivity index (χ0) is 14.9. The molecule has 20 heavy (non-hydrogen) atoms. The first-order valence-corrected chi connectivity index (χ1v) is 7.45. The summed E-state index contributed by atoms with van der Waals surface area (Å²) in [5.74, 6) is -1.34. The van der Waals surface area contributed by atoms with Crippen molar-refractivity contribution in [2.75, 3.05) is 13.2 Å². The second-order valence-electron chi connectivity index (χ2n) is 6.33. The van der Waals surface area contributed by atoms with Crippen LogP contribution in [0.3, 0.4) is 0 Å². The van der Waals surface area contributed by atoms with Crippen LogP contribution >= 0.6 is 0 Å². The Balaban J connectivity index is 2.19. The molecule has 0 aliphatic heterocycles. The molecule has 2 saturated carbocycles. The topological polar surface area (TPSA) is 121 Å². The maximum atomic E-state index is 10.2. The van der Waals surface area contributed by atoms with Crippen LogP contribution in [0.15, 0.2) is 0 Å². The first kappa shape index (κ1) is 16.1. The molecule has 2 rings (SSSR count). The zero-order valence-electron chi connectivity index (χ0n) is 11.5. The van der Waals surface area contributed by atoms with Crippen molar-refractivity contribution in [2.45, 2.75) is 50.1 Å². The molecule has 2 aliphatic rings. The number of hydrogen-bond acceptors (Lipinski definition) is 6. The SMILES string of the molecule is OC[C@H]1CCC[C@@H](O)C1[C@H]1C[C@H](CO)[C@@H](O)[C@H](O)[C@H]1O. The van der Waals surface area contributed by atoms with Gasteiger partial charge in [0, 0.05) is 19.1 Å². The first-order chi connectivity index (χ1) is 9.51. The quantitative estimate of drug-likeness (QED) is 0.375. The summed E-state index contributed by atoms with van der Waals surface area (Å²) in [4.78, 5) is 0. The van der Waals surface area contributed by atoms with E-state index in [1.807, 2.05) is 0 Å². The minimum absolute atomic E-state index is 0.0621. The van der Waals surface area contributed by atoms with Crippen molar-refractivity contribution < 1.29 is 30.6 Å². The van der Waals surface area contributed by atoms with Gasteiger partial charge in [-0.15, -0.1) is 0 Å². The monoisotopic (exact) mass is 290 g/mol. The summed E-state index contributed by atoms with van der Waals surface area (Å²) in [6, 6.07) is 0. The Kier molecular flexibility index (Phi) is 5.39. The van der Waals surface area contributed by atoms with Crippen LogP contribution in [-0.4, -0.2) is 68.3 Å². The van der Waals surface area contributed by atoms with Gasteiger partial charge in [-0.2, -0.15) is 0 Å². The molecule has 6 heteroatoms. The van der Waals surface area contributed by atoms with Crippen molar-refractivity contribution in [1.29, 1.82) is 0 Å². The van der Waals surface area contributed by atoms with Gasteiger partial charge >= 0.3 is 0 Å². The molecule has 0 aromatic rings. The second-order valence-corrected chi connectivity index (χ2v) is 6.33. The summed E-state index contributed by atoms with van der Waals surface area (Å²) in [6.45, 7) is -0.332. The van der Waals surface area contributed by atoms with Crippen LogP contribution in [0.25, 0.3) is 0 Å². The fourth-order valence-corrected chi connectivity index (χ4v) is 4.07. The summed E-state index contributed by atoms with van der Waals surface area (Å²) in [5.41, 5.74) is 0. The Bertz CT molecular complexity index is 310. The van der Waals surface area contributed by atoms with Crippen LogP contribution in [0.5, 0.6) is 0 Å². The van der Waals surface area contributed by atoms with E-state index in [1.165, 1.54) is 0 Å². The predicted octanol–water partition coefficient (Wildman–Crippen LogP) is -1.53. The normalized spacial score (nSPS) is 50.1. The molecule has 0 aromatic carbocycles. The van der Waals surface area contributed by atoms with Gasteiger partial charge in [0.1, 0.15) is 6.10 Å². The molecule has 1 unspecified atom stereocenters. The molecule has 8 atom stereocenters. The second kappa shape index (κ2) is 6.68. The number of aliphatic hydroxyl groups is 6. The Labute approximate surface area is 118 Å².